The quantitative estimate of drug-likeness (QED) is 0.407. The van der Waals surface area contributed by atoms with Crippen LogP contribution in [0.1, 0.15) is 0 Å². The molecule has 3 aromatic rings. The van der Waals surface area contributed by atoms with Gasteiger partial charge in [-0.15, -0.1) is 0 Å². The number of carbonyl (C=O) groups is 2. The van der Waals surface area contributed by atoms with Gasteiger partial charge in [-0.2, -0.15) is 0 Å². The smallest absolute Gasteiger partial charge is 0.437 e. The zero-order valence-corrected chi connectivity index (χ0v) is 14.5. The maximum absolute atomic E-state index is 11.9. The predicted molar refractivity (Wildman–Crippen MR) is 104 cm³/mol. The number of nitrogens with zero attached hydrogens (tertiary/aromatic N) is 1. The molecule has 3 aromatic carbocycles. The van der Waals surface area contributed by atoms with Gasteiger partial charge in [0.15, 0.2) is 0 Å². The first-order valence-electron chi connectivity index (χ1n) is 8.10. The highest BCUT2D eigenvalue weighted by Crippen LogP contribution is 2.23. The molecule has 0 unspecified atom stereocenters. The lowest BCUT2D eigenvalue weighted by molar-refractivity contribution is -0.110. The lowest BCUT2D eigenvalue weighted by Crippen LogP contribution is -2.15. The Hall–Kier alpha value is -3.87. The van der Waals surface area contributed by atoms with Gasteiger partial charge >= 0.3 is 6.09 Å². The van der Waals surface area contributed by atoms with Crippen molar-refractivity contribution in [1.82, 2.24) is 0 Å². The molecule has 0 fully saturated rings. The molecule has 0 saturated carbocycles. The molecule has 0 heterocycles. The van der Waals surface area contributed by atoms with Crippen molar-refractivity contribution in [3.63, 3.8) is 0 Å². The molecule has 2 N–H and O–H groups in total. The van der Waals surface area contributed by atoms with Crippen LogP contribution in [0.25, 0.3) is 10.8 Å². The molecule has 0 saturated heterocycles. The molecule has 3 rings (SSSR count). The van der Waals surface area contributed by atoms with Crippen LogP contribution >= 0.6 is 0 Å². The van der Waals surface area contributed by atoms with E-state index in [0.29, 0.717) is 17.1 Å². The molecular formula is C20H17N3O4. The number of carbonyl (C=O) groups excluding carboxylic acids is 2. The van der Waals surface area contributed by atoms with Gasteiger partial charge in [0.25, 0.3) is 5.91 Å². The number of hydrogen-bond acceptors (Lipinski definition) is 5. The SMILES string of the molecule is COc1ccc(NC(=O)/C=N\OC(=O)Nc2cccc3ccccc23)cc1. The zero-order valence-electron chi connectivity index (χ0n) is 14.5. The topological polar surface area (TPSA) is 89.0 Å². The van der Waals surface area contributed by atoms with Gasteiger partial charge in [0.2, 0.25) is 0 Å². The van der Waals surface area contributed by atoms with Crippen molar-refractivity contribution in [1.29, 1.82) is 0 Å². The molecule has 0 bridgehead atoms. The molecule has 27 heavy (non-hydrogen) atoms. The molecule has 136 valence electrons. The average Bonchev–Trinajstić information content (AvgIpc) is 2.69. The van der Waals surface area contributed by atoms with Crippen molar-refractivity contribution in [3.8, 4) is 5.75 Å². The molecule has 0 aliphatic carbocycles. The summed E-state index contributed by atoms with van der Waals surface area (Å²) in [7, 11) is 1.56. The highest BCUT2D eigenvalue weighted by Gasteiger charge is 2.06. The predicted octanol–water partition coefficient (Wildman–Crippen LogP) is 4.02. The van der Waals surface area contributed by atoms with Crippen LogP contribution in [-0.2, 0) is 9.63 Å². The second-order valence-corrected chi connectivity index (χ2v) is 5.48. The summed E-state index contributed by atoms with van der Waals surface area (Å²) >= 11 is 0. The van der Waals surface area contributed by atoms with Crippen molar-refractivity contribution in [3.05, 3.63) is 66.7 Å². The number of amides is 2. The minimum Gasteiger partial charge on any atom is -0.497 e. The number of fused-ring (bicyclic) bond motifs is 1. The van der Waals surface area contributed by atoms with Gasteiger partial charge in [-0.3, -0.25) is 14.9 Å². The van der Waals surface area contributed by atoms with E-state index in [1.807, 2.05) is 36.4 Å². The van der Waals surface area contributed by atoms with E-state index in [9.17, 15) is 9.59 Å². The highest BCUT2D eigenvalue weighted by molar-refractivity contribution is 6.31. The van der Waals surface area contributed by atoms with Gasteiger partial charge in [-0.05, 0) is 35.7 Å². The van der Waals surface area contributed by atoms with Crippen molar-refractivity contribution >= 4 is 40.4 Å². The fraction of sp³-hybridized carbons (Fsp3) is 0.0500. The summed E-state index contributed by atoms with van der Waals surface area (Å²) in [6.07, 6.45) is 0.0901. The lowest BCUT2D eigenvalue weighted by Gasteiger charge is -2.06. The lowest BCUT2D eigenvalue weighted by atomic mass is 10.1. The molecular weight excluding hydrogens is 346 g/mol. The van der Waals surface area contributed by atoms with Crippen LogP contribution in [0.2, 0.25) is 0 Å². The van der Waals surface area contributed by atoms with E-state index >= 15 is 0 Å². The Morgan fingerprint density at radius 2 is 1.67 bits per heavy atom. The third kappa shape index (κ3) is 4.82. The van der Waals surface area contributed by atoms with Crippen LogP contribution in [0.5, 0.6) is 5.75 Å². The number of oxime groups is 1. The summed E-state index contributed by atoms with van der Waals surface area (Å²) in [4.78, 5) is 28.3. The second-order valence-electron chi connectivity index (χ2n) is 5.48. The van der Waals surface area contributed by atoms with E-state index in [1.54, 1.807) is 37.4 Å². The first kappa shape index (κ1) is 17.9. The Morgan fingerprint density at radius 3 is 2.44 bits per heavy atom. The van der Waals surface area contributed by atoms with Gasteiger partial charge in [-0.1, -0.05) is 41.6 Å². The Bertz CT molecular complexity index is 979. The van der Waals surface area contributed by atoms with Crippen LogP contribution < -0.4 is 15.4 Å². The maximum atomic E-state index is 11.9. The molecule has 0 aliphatic rings. The molecule has 0 aromatic heterocycles. The van der Waals surface area contributed by atoms with Gasteiger partial charge in [0, 0.05) is 11.1 Å². The summed E-state index contributed by atoms with van der Waals surface area (Å²) in [6, 6.07) is 19.9. The molecule has 7 heteroatoms. The Kier molecular flexibility index (Phi) is 5.64. The van der Waals surface area contributed by atoms with Crippen molar-refractivity contribution in [2.45, 2.75) is 0 Å². The Labute approximate surface area is 155 Å². The van der Waals surface area contributed by atoms with Crippen molar-refractivity contribution < 1.29 is 19.2 Å². The van der Waals surface area contributed by atoms with E-state index in [2.05, 4.69) is 20.6 Å². The van der Waals surface area contributed by atoms with Gasteiger partial charge < -0.3 is 10.1 Å². The highest BCUT2D eigenvalue weighted by atomic mass is 16.7. The standard InChI is InChI=1S/C20H17N3O4/c1-26-16-11-9-15(10-12-16)22-19(24)13-21-27-20(25)23-18-8-4-6-14-5-2-3-7-17(14)18/h2-13H,1H3,(H,22,24)(H,23,25)/b21-13-. The van der Waals surface area contributed by atoms with Crippen LogP contribution in [0, 0.1) is 0 Å². The van der Waals surface area contributed by atoms with E-state index in [-0.39, 0.29) is 0 Å². The van der Waals surface area contributed by atoms with E-state index in [0.717, 1.165) is 17.0 Å². The second kappa shape index (κ2) is 8.48. The molecule has 7 nitrogen and oxygen atoms in total. The molecule has 0 spiro atoms. The number of benzene rings is 3. The third-order valence-corrected chi connectivity index (χ3v) is 3.69. The van der Waals surface area contributed by atoms with E-state index in [4.69, 9.17) is 4.74 Å². The number of methoxy groups -OCH3 is 1. The maximum Gasteiger partial charge on any atom is 0.437 e. The van der Waals surface area contributed by atoms with E-state index in [1.165, 1.54) is 0 Å². The first-order valence-corrected chi connectivity index (χ1v) is 8.10. The fourth-order valence-corrected chi connectivity index (χ4v) is 2.44. The number of hydrogen-bond donors (Lipinski definition) is 2. The number of nitrogens with one attached hydrogen (secondary N) is 2. The number of anilines is 2. The van der Waals surface area contributed by atoms with Crippen molar-refractivity contribution in [2.75, 3.05) is 17.7 Å². The number of ether oxygens (including phenoxy) is 1. The zero-order chi connectivity index (χ0) is 19.1. The number of rotatable bonds is 5. The molecule has 2 amide bonds. The summed E-state index contributed by atoms with van der Waals surface area (Å²) in [5, 5.41) is 10.4. The van der Waals surface area contributed by atoms with Crippen LogP contribution in [0.4, 0.5) is 16.2 Å². The molecule has 0 radical (unpaired) electrons. The summed E-state index contributed by atoms with van der Waals surface area (Å²) < 4.78 is 5.04. The minimum absolute atomic E-state index is 0.530. The fourth-order valence-electron chi connectivity index (χ4n) is 2.44. The molecule has 0 aliphatic heterocycles. The summed E-state index contributed by atoms with van der Waals surface area (Å²) in [5.41, 5.74) is 1.16. The third-order valence-electron chi connectivity index (χ3n) is 3.69. The Morgan fingerprint density at radius 1 is 0.926 bits per heavy atom. The monoisotopic (exact) mass is 363 g/mol. The summed E-state index contributed by atoms with van der Waals surface area (Å²) in [6.45, 7) is 0. The normalized spacial score (nSPS) is 10.6. The minimum atomic E-state index is -0.792. The van der Waals surface area contributed by atoms with Gasteiger partial charge in [0.05, 0.1) is 12.8 Å². The van der Waals surface area contributed by atoms with E-state index < -0.39 is 12.0 Å². The van der Waals surface area contributed by atoms with Gasteiger partial charge in [0.1, 0.15) is 12.0 Å². The van der Waals surface area contributed by atoms with Crippen LogP contribution in [-0.4, -0.2) is 25.3 Å². The molecule has 0 atom stereocenters. The average molecular weight is 363 g/mol. The Balaban J connectivity index is 1.54. The largest absolute Gasteiger partial charge is 0.497 e. The van der Waals surface area contributed by atoms with Gasteiger partial charge in [-0.25, -0.2) is 4.79 Å². The van der Waals surface area contributed by atoms with Crippen LogP contribution in [0.15, 0.2) is 71.9 Å². The first-order chi connectivity index (χ1) is 13.2. The van der Waals surface area contributed by atoms with Crippen molar-refractivity contribution in [2.24, 2.45) is 5.16 Å². The summed E-state index contributed by atoms with van der Waals surface area (Å²) in [5.74, 6) is 0.147. The van der Waals surface area contributed by atoms with Crippen LogP contribution in [0.3, 0.4) is 0 Å².